The van der Waals surface area contributed by atoms with Crippen LogP contribution in [0.4, 0.5) is 5.69 Å². The Morgan fingerprint density at radius 3 is 2.23 bits per heavy atom. The zero-order chi connectivity index (χ0) is 28.4. The van der Waals surface area contributed by atoms with Gasteiger partial charge in [-0.1, -0.05) is 102 Å². The molecule has 0 bridgehead atoms. The van der Waals surface area contributed by atoms with Crippen LogP contribution in [0.5, 0.6) is 11.5 Å². The van der Waals surface area contributed by atoms with Crippen LogP contribution in [0.1, 0.15) is 102 Å². The monoisotopic (exact) mass is 566 g/mol. The van der Waals surface area contributed by atoms with Gasteiger partial charge in [0.1, 0.15) is 0 Å². The van der Waals surface area contributed by atoms with Crippen molar-refractivity contribution in [2.24, 2.45) is 0 Å². The van der Waals surface area contributed by atoms with Crippen molar-refractivity contribution in [3.05, 3.63) is 64.7 Å². The third kappa shape index (κ3) is 11.5. The Bertz CT molecular complexity index is 1060. The molecule has 220 valence electrons. The highest BCUT2D eigenvalue weighted by Gasteiger charge is 2.15. The third-order valence-corrected chi connectivity index (χ3v) is 8.45. The SMILES string of the molecule is CCCCCCCCCCCCCCOc1cc(CC(=O)Nc2ccccc2CN2CSC=C2C)ccc1OC. The zero-order valence-electron chi connectivity index (χ0n) is 25.0. The van der Waals surface area contributed by atoms with Gasteiger partial charge in [-0.25, -0.2) is 0 Å². The first kappa shape index (κ1) is 31.9. The summed E-state index contributed by atoms with van der Waals surface area (Å²) in [7, 11) is 1.66. The summed E-state index contributed by atoms with van der Waals surface area (Å²) in [6.07, 6.45) is 16.1. The van der Waals surface area contributed by atoms with E-state index in [-0.39, 0.29) is 12.3 Å². The van der Waals surface area contributed by atoms with Gasteiger partial charge in [0.25, 0.3) is 0 Å². The van der Waals surface area contributed by atoms with E-state index >= 15 is 0 Å². The van der Waals surface area contributed by atoms with Crippen molar-refractivity contribution < 1.29 is 14.3 Å². The van der Waals surface area contributed by atoms with Gasteiger partial charge in [0.15, 0.2) is 11.5 Å². The number of carbonyl (C=O) groups excluding carboxylic acids is 1. The number of carbonyl (C=O) groups is 1. The fourth-order valence-corrected chi connectivity index (χ4v) is 5.97. The predicted octanol–water partition coefficient (Wildman–Crippen LogP) is 9.32. The van der Waals surface area contributed by atoms with Crippen LogP contribution in [-0.4, -0.2) is 30.4 Å². The smallest absolute Gasteiger partial charge is 0.228 e. The van der Waals surface area contributed by atoms with E-state index in [1.54, 1.807) is 18.9 Å². The molecule has 2 aromatic carbocycles. The molecule has 5 nitrogen and oxygen atoms in total. The van der Waals surface area contributed by atoms with Crippen molar-refractivity contribution in [2.75, 3.05) is 24.9 Å². The Balaban J connectivity index is 1.38. The Morgan fingerprint density at radius 1 is 0.900 bits per heavy atom. The molecule has 0 saturated heterocycles. The third-order valence-electron chi connectivity index (χ3n) is 7.48. The second-order valence-electron chi connectivity index (χ2n) is 10.9. The number of anilines is 1. The number of nitrogens with one attached hydrogen (secondary N) is 1. The molecule has 40 heavy (non-hydrogen) atoms. The fourth-order valence-electron chi connectivity index (χ4n) is 5.03. The summed E-state index contributed by atoms with van der Waals surface area (Å²) in [5, 5.41) is 5.31. The number of hydrogen-bond acceptors (Lipinski definition) is 5. The number of benzene rings is 2. The zero-order valence-corrected chi connectivity index (χ0v) is 25.8. The van der Waals surface area contributed by atoms with E-state index in [2.05, 4.69) is 35.5 Å². The minimum atomic E-state index is -0.0346. The highest BCUT2D eigenvalue weighted by molar-refractivity contribution is 8.02. The van der Waals surface area contributed by atoms with E-state index in [0.29, 0.717) is 18.1 Å². The maximum atomic E-state index is 13.0. The first-order chi connectivity index (χ1) is 19.6. The van der Waals surface area contributed by atoms with E-state index in [0.717, 1.165) is 35.7 Å². The maximum Gasteiger partial charge on any atom is 0.228 e. The molecule has 0 aromatic heterocycles. The minimum Gasteiger partial charge on any atom is -0.493 e. The van der Waals surface area contributed by atoms with E-state index in [1.807, 2.05) is 36.4 Å². The number of allylic oxidation sites excluding steroid dienone is 1. The summed E-state index contributed by atoms with van der Waals surface area (Å²) >= 11 is 1.80. The number of methoxy groups -OCH3 is 1. The van der Waals surface area contributed by atoms with Crippen LogP contribution in [0.3, 0.4) is 0 Å². The molecule has 1 aliphatic heterocycles. The van der Waals surface area contributed by atoms with Gasteiger partial charge >= 0.3 is 0 Å². The molecule has 0 fully saturated rings. The van der Waals surface area contributed by atoms with Crippen molar-refractivity contribution in [1.82, 2.24) is 4.90 Å². The molecular weight excluding hydrogens is 516 g/mol. The average Bonchev–Trinajstić information content (AvgIpc) is 3.36. The second-order valence-corrected chi connectivity index (χ2v) is 11.7. The van der Waals surface area contributed by atoms with Gasteiger partial charge in [0.2, 0.25) is 5.91 Å². The lowest BCUT2D eigenvalue weighted by Crippen LogP contribution is -2.20. The highest BCUT2D eigenvalue weighted by atomic mass is 32.2. The molecule has 0 saturated carbocycles. The molecule has 1 aliphatic rings. The quantitative estimate of drug-likeness (QED) is 0.162. The van der Waals surface area contributed by atoms with Crippen LogP contribution in [0.2, 0.25) is 0 Å². The molecule has 6 heteroatoms. The Hall–Kier alpha value is -2.60. The topological polar surface area (TPSA) is 50.8 Å². The van der Waals surface area contributed by atoms with Crippen LogP contribution in [0.25, 0.3) is 0 Å². The van der Waals surface area contributed by atoms with Gasteiger partial charge < -0.3 is 19.7 Å². The molecule has 1 amide bonds. The number of para-hydroxylation sites is 1. The number of amides is 1. The number of nitrogens with zero attached hydrogens (tertiary/aromatic N) is 1. The lowest BCUT2D eigenvalue weighted by molar-refractivity contribution is -0.115. The number of unbranched alkanes of at least 4 members (excludes halogenated alkanes) is 11. The van der Waals surface area contributed by atoms with Gasteiger partial charge in [-0.3, -0.25) is 4.79 Å². The van der Waals surface area contributed by atoms with Crippen LogP contribution in [0, 0.1) is 0 Å². The lowest BCUT2D eigenvalue weighted by Gasteiger charge is -2.21. The van der Waals surface area contributed by atoms with Crippen molar-refractivity contribution in [2.45, 2.75) is 104 Å². The van der Waals surface area contributed by atoms with E-state index in [9.17, 15) is 4.79 Å². The van der Waals surface area contributed by atoms with Gasteiger partial charge in [-0.05, 0) is 48.1 Å². The Labute approximate surface area is 247 Å². The van der Waals surface area contributed by atoms with Gasteiger partial charge in [-0.2, -0.15) is 0 Å². The average molecular weight is 567 g/mol. The first-order valence-electron chi connectivity index (χ1n) is 15.3. The van der Waals surface area contributed by atoms with Crippen molar-refractivity contribution >= 4 is 23.4 Å². The maximum absolute atomic E-state index is 13.0. The molecule has 2 aromatic rings. The Morgan fingerprint density at radius 2 is 1.57 bits per heavy atom. The van der Waals surface area contributed by atoms with Crippen molar-refractivity contribution in [3.63, 3.8) is 0 Å². The lowest BCUT2D eigenvalue weighted by atomic mass is 10.1. The molecule has 0 radical (unpaired) electrons. The summed E-state index contributed by atoms with van der Waals surface area (Å²) < 4.78 is 11.6. The molecule has 0 atom stereocenters. The first-order valence-corrected chi connectivity index (χ1v) is 16.4. The minimum absolute atomic E-state index is 0.0346. The Kier molecular flexibility index (Phi) is 14.9. The predicted molar refractivity (Wildman–Crippen MR) is 170 cm³/mol. The van der Waals surface area contributed by atoms with Crippen LogP contribution in [-0.2, 0) is 17.8 Å². The number of hydrogen-bond donors (Lipinski definition) is 1. The largest absolute Gasteiger partial charge is 0.493 e. The molecule has 1 heterocycles. The van der Waals surface area contributed by atoms with Crippen molar-refractivity contribution in [1.29, 1.82) is 0 Å². The summed E-state index contributed by atoms with van der Waals surface area (Å²) in [6, 6.07) is 13.8. The standard InChI is InChI=1S/C34H50N2O3S/c1-4-5-6-7-8-9-10-11-12-13-14-17-22-39-33-23-29(20-21-32(33)38-3)24-34(37)35-31-19-16-15-18-30(31)25-36-27-40-26-28(36)2/h15-16,18-21,23,26H,4-14,17,22,24-25,27H2,1-3H3,(H,35,37). The van der Waals surface area contributed by atoms with E-state index in [1.165, 1.54) is 76.3 Å². The van der Waals surface area contributed by atoms with E-state index in [4.69, 9.17) is 9.47 Å². The van der Waals surface area contributed by atoms with E-state index < -0.39 is 0 Å². The summed E-state index contributed by atoms with van der Waals surface area (Å²) in [5.74, 6) is 2.33. The molecule has 0 spiro atoms. The summed E-state index contributed by atoms with van der Waals surface area (Å²) in [6.45, 7) is 5.85. The molecule has 1 N–H and O–H groups in total. The van der Waals surface area contributed by atoms with Crippen LogP contribution >= 0.6 is 11.8 Å². The summed E-state index contributed by atoms with van der Waals surface area (Å²) in [5.41, 5.74) is 4.16. The fraction of sp³-hybridized carbons (Fsp3) is 0.559. The van der Waals surface area contributed by atoms with Gasteiger partial charge in [-0.15, -0.1) is 11.8 Å². The normalized spacial score (nSPS) is 12.9. The molecular formula is C34H50N2O3S. The highest BCUT2D eigenvalue weighted by Crippen LogP contribution is 2.30. The molecule has 3 rings (SSSR count). The second kappa shape index (κ2) is 18.7. The molecule has 0 unspecified atom stereocenters. The number of ether oxygens (including phenoxy) is 2. The van der Waals surface area contributed by atoms with Crippen molar-refractivity contribution in [3.8, 4) is 11.5 Å². The molecule has 0 aliphatic carbocycles. The van der Waals surface area contributed by atoms with Crippen LogP contribution in [0.15, 0.2) is 53.6 Å². The van der Waals surface area contributed by atoms with Gasteiger partial charge in [0, 0.05) is 17.9 Å². The van der Waals surface area contributed by atoms with Crippen LogP contribution < -0.4 is 14.8 Å². The number of thioether (sulfide) groups is 1. The number of rotatable bonds is 20. The summed E-state index contributed by atoms with van der Waals surface area (Å²) in [4.78, 5) is 15.3. The van der Waals surface area contributed by atoms with Gasteiger partial charge in [0.05, 0.1) is 26.0 Å².